The minimum absolute atomic E-state index is 0.285. The minimum Gasteiger partial charge on any atom is -0.329 e. The zero-order chi connectivity index (χ0) is 14.5. The molecule has 0 heterocycles. The standard InChI is InChI=1S/C17H36N2/c1-6-16(7-2)19(12-14(3)4)17(13-18)10-8-15(5)9-11-17/h14-16H,6-13,18H2,1-5H3. The zero-order valence-electron chi connectivity index (χ0n) is 13.9. The molecule has 2 nitrogen and oxygen atoms in total. The Morgan fingerprint density at radius 2 is 1.68 bits per heavy atom. The van der Waals surface area contributed by atoms with Crippen LogP contribution < -0.4 is 5.73 Å². The molecular formula is C17H36N2. The third-order valence-corrected chi connectivity index (χ3v) is 5.14. The second kappa shape index (κ2) is 7.64. The predicted molar refractivity (Wildman–Crippen MR) is 85.3 cm³/mol. The van der Waals surface area contributed by atoms with Gasteiger partial charge in [0, 0.05) is 24.7 Å². The van der Waals surface area contributed by atoms with Crippen molar-refractivity contribution < 1.29 is 0 Å². The van der Waals surface area contributed by atoms with Gasteiger partial charge in [-0.2, -0.15) is 0 Å². The molecule has 1 saturated carbocycles. The highest BCUT2D eigenvalue weighted by Gasteiger charge is 2.40. The van der Waals surface area contributed by atoms with Crippen LogP contribution in [0.15, 0.2) is 0 Å². The van der Waals surface area contributed by atoms with E-state index in [0.29, 0.717) is 6.04 Å². The number of hydrogen-bond donors (Lipinski definition) is 1. The molecule has 0 aromatic rings. The van der Waals surface area contributed by atoms with Crippen LogP contribution in [0.2, 0.25) is 0 Å². The van der Waals surface area contributed by atoms with E-state index in [1.54, 1.807) is 0 Å². The summed E-state index contributed by atoms with van der Waals surface area (Å²) in [6.45, 7) is 13.8. The molecule has 0 amide bonds. The zero-order valence-corrected chi connectivity index (χ0v) is 13.9. The lowest BCUT2D eigenvalue weighted by atomic mass is 9.74. The van der Waals surface area contributed by atoms with Gasteiger partial charge >= 0.3 is 0 Å². The molecule has 2 heteroatoms. The van der Waals surface area contributed by atoms with Gasteiger partial charge in [0.05, 0.1) is 0 Å². The number of nitrogens with zero attached hydrogens (tertiary/aromatic N) is 1. The Morgan fingerprint density at radius 1 is 1.16 bits per heavy atom. The fourth-order valence-corrected chi connectivity index (χ4v) is 3.76. The Hall–Kier alpha value is -0.0800. The van der Waals surface area contributed by atoms with Gasteiger partial charge in [0.15, 0.2) is 0 Å². The van der Waals surface area contributed by atoms with Crippen molar-refractivity contribution in [1.29, 1.82) is 0 Å². The summed E-state index contributed by atoms with van der Waals surface area (Å²) in [6, 6.07) is 0.708. The monoisotopic (exact) mass is 268 g/mol. The fourth-order valence-electron chi connectivity index (χ4n) is 3.76. The Kier molecular flexibility index (Phi) is 6.82. The number of hydrogen-bond acceptors (Lipinski definition) is 2. The molecule has 0 spiro atoms. The summed E-state index contributed by atoms with van der Waals surface area (Å²) in [7, 11) is 0. The van der Waals surface area contributed by atoms with Gasteiger partial charge < -0.3 is 5.73 Å². The Bertz CT molecular complexity index is 238. The van der Waals surface area contributed by atoms with Crippen molar-refractivity contribution in [3.8, 4) is 0 Å². The van der Waals surface area contributed by atoms with Crippen molar-refractivity contribution in [1.82, 2.24) is 4.90 Å². The lowest BCUT2D eigenvalue weighted by Crippen LogP contribution is -2.60. The van der Waals surface area contributed by atoms with Crippen molar-refractivity contribution in [2.75, 3.05) is 13.1 Å². The predicted octanol–water partition coefficient (Wildman–Crippen LogP) is 4.04. The molecule has 1 rings (SSSR count). The molecule has 0 bridgehead atoms. The van der Waals surface area contributed by atoms with Crippen LogP contribution in [0.25, 0.3) is 0 Å². The van der Waals surface area contributed by atoms with Crippen molar-refractivity contribution in [3.63, 3.8) is 0 Å². The molecule has 114 valence electrons. The van der Waals surface area contributed by atoms with E-state index in [0.717, 1.165) is 18.4 Å². The van der Waals surface area contributed by atoms with Gasteiger partial charge in [-0.05, 0) is 50.4 Å². The van der Waals surface area contributed by atoms with Crippen LogP contribution in [0, 0.1) is 11.8 Å². The maximum Gasteiger partial charge on any atom is 0.0334 e. The Labute approximate surface area is 121 Å². The van der Waals surface area contributed by atoms with E-state index >= 15 is 0 Å². The first kappa shape index (κ1) is 17.0. The summed E-state index contributed by atoms with van der Waals surface area (Å²) >= 11 is 0. The van der Waals surface area contributed by atoms with Gasteiger partial charge in [-0.15, -0.1) is 0 Å². The smallest absolute Gasteiger partial charge is 0.0334 e. The average molecular weight is 268 g/mol. The molecule has 0 radical (unpaired) electrons. The van der Waals surface area contributed by atoms with Gasteiger partial charge in [0.1, 0.15) is 0 Å². The molecule has 0 unspecified atom stereocenters. The van der Waals surface area contributed by atoms with Gasteiger partial charge in [-0.1, -0.05) is 34.6 Å². The summed E-state index contributed by atoms with van der Waals surface area (Å²) in [5, 5.41) is 0. The van der Waals surface area contributed by atoms with Crippen LogP contribution >= 0.6 is 0 Å². The molecule has 0 saturated heterocycles. The van der Waals surface area contributed by atoms with Crippen LogP contribution in [-0.2, 0) is 0 Å². The summed E-state index contributed by atoms with van der Waals surface area (Å²) in [5.74, 6) is 1.62. The molecule has 0 aromatic carbocycles. The number of rotatable bonds is 7. The number of nitrogens with two attached hydrogens (primary N) is 1. The van der Waals surface area contributed by atoms with Gasteiger partial charge in [-0.25, -0.2) is 0 Å². The first-order chi connectivity index (χ1) is 8.99. The maximum absolute atomic E-state index is 6.27. The molecule has 0 aromatic heterocycles. The van der Waals surface area contributed by atoms with Crippen molar-refractivity contribution in [3.05, 3.63) is 0 Å². The van der Waals surface area contributed by atoms with E-state index in [-0.39, 0.29) is 5.54 Å². The topological polar surface area (TPSA) is 29.3 Å². The minimum atomic E-state index is 0.285. The van der Waals surface area contributed by atoms with Crippen LogP contribution in [0.4, 0.5) is 0 Å². The molecule has 0 aliphatic heterocycles. The SMILES string of the molecule is CCC(CC)N(CC(C)C)C1(CN)CCC(C)CC1. The highest BCUT2D eigenvalue weighted by molar-refractivity contribution is 4.97. The lowest BCUT2D eigenvalue weighted by molar-refractivity contribution is -0.00267. The highest BCUT2D eigenvalue weighted by Crippen LogP contribution is 2.38. The van der Waals surface area contributed by atoms with E-state index in [1.165, 1.54) is 45.1 Å². The van der Waals surface area contributed by atoms with Crippen molar-refractivity contribution in [2.24, 2.45) is 17.6 Å². The maximum atomic E-state index is 6.27. The molecule has 1 fully saturated rings. The van der Waals surface area contributed by atoms with E-state index in [2.05, 4.69) is 39.5 Å². The summed E-state index contributed by atoms with van der Waals surface area (Å²) in [6.07, 6.45) is 7.81. The molecule has 19 heavy (non-hydrogen) atoms. The lowest BCUT2D eigenvalue weighted by Gasteiger charge is -2.51. The van der Waals surface area contributed by atoms with Crippen LogP contribution in [0.5, 0.6) is 0 Å². The normalized spacial score (nSPS) is 28.6. The first-order valence-electron chi connectivity index (χ1n) is 8.45. The van der Waals surface area contributed by atoms with Crippen molar-refractivity contribution >= 4 is 0 Å². The molecule has 0 atom stereocenters. The molecule has 2 N–H and O–H groups in total. The van der Waals surface area contributed by atoms with Crippen LogP contribution in [-0.4, -0.2) is 29.6 Å². The van der Waals surface area contributed by atoms with E-state index < -0.39 is 0 Å². The first-order valence-corrected chi connectivity index (χ1v) is 8.45. The van der Waals surface area contributed by atoms with Gasteiger partial charge in [-0.3, -0.25) is 4.90 Å². The third-order valence-electron chi connectivity index (χ3n) is 5.14. The van der Waals surface area contributed by atoms with E-state index in [1.807, 2.05) is 0 Å². The Balaban J connectivity index is 2.91. The van der Waals surface area contributed by atoms with Crippen LogP contribution in [0.1, 0.15) is 73.1 Å². The molecular weight excluding hydrogens is 232 g/mol. The fraction of sp³-hybridized carbons (Fsp3) is 1.00. The Morgan fingerprint density at radius 3 is 2.05 bits per heavy atom. The van der Waals surface area contributed by atoms with Crippen LogP contribution in [0.3, 0.4) is 0 Å². The largest absolute Gasteiger partial charge is 0.329 e. The van der Waals surface area contributed by atoms with Gasteiger partial charge in [0.2, 0.25) is 0 Å². The second-order valence-corrected chi connectivity index (χ2v) is 7.13. The summed E-state index contributed by atoms with van der Waals surface area (Å²) in [4.78, 5) is 2.80. The van der Waals surface area contributed by atoms with Gasteiger partial charge in [0.25, 0.3) is 0 Å². The quantitative estimate of drug-likeness (QED) is 0.755. The van der Waals surface area contributed by atoms with E-state index in [9.17, 15) is 0 Å². The van der Waals surface area contributed by atoms with E-state index in [4.69, 9.17) is 5.73 Å². The average Bonchev–Trinajstić information content (AvgIpc) is 2.40. The summed E-state index contributed by atoms with van der Waals surface area (Å²) < 4.78 is 0. The molecule has 1 aliphatic rings. The molecule has 1 aliphatic carbocycles. The highest BCUT2D eigenvalue weighted by atomic mass is 15.2. The third kappa shape index (κ3) is 4.19. The second-order valence-electron chi connectivity index (χ2n) is 7.13. The summed E-state index contributed by atoms with van der Waals surface area (Å²) in [5.41, 5.74) is 6.55. The van der Waals surface area contributed by atoms with Crippen molar-refractivity contribution in [2.45, 2.75) is 84.7 Å².